The monoisotopic (exact) mass is 317 g/mol. The van der Waals surface area contributed by atoms with Gasteiger partial charge in [0.2, 0.25) is 5.91 Å². The van der Waals surface area contributed by atoms with Crippen LogP contribution in [-0.4, -0.2) is 43.6 Å². The Bertz CT molecular complexity index is 582. The maximum Gasteiger partial charge on any atom is 0.310 e. The molecule has 0 saturated carbocycles. The molecule has 2 rings (SSSR count). The van der Waals surface area contributed by atoms with Gasteiger partial charge in [-0.15, -0.1) is 0 Å². The number of carbonyl (C=O) groups is 2. The summed E-state index contributed by atoms with van der Waals surface area (Å²) in [5, 5.41) is 0. The second-order valence-corrected chi connectivity index (χ2v) is 5.45. The van der Waals surface area contributed by atoms with E-state index in [1.54, 1.807) is 25.0 Å². The third-order valence-electron chi connectivity index (χ3n) is 3.90. The van der Waals surface area contributed by atoms with Gasteiger partial charge in [-0.1, -0.05) is 18.2 Å². The second-order valence-electron chi connectivity index (χ2n) is 5.45. The highest BCUT2D eigenvalue weighted by molar-refractivity contribution is 5.92. The van der Waals surface area contributed by atoms with Crippen molar-refractivity contribution >= 4 is 18.0 Å². The average molecular weight is 317 g/mol. The number of benzene rings is 1. The highest BCUT2D eigenvalue weighted by Gasteiger charge is 2.28. The molecule has 0 bridgehead atoms. The molecule has 1 saturated heterocycles. The van der Waals surface area contributed by atoms with E-state index in [4.69, 9.17) is 9.47 Å². The molecule has 0 aromatic heterocycles. The fourth-order valence-corrected chi connectivity index (χ4v) is 2.70. The van der Waals surface area contributed by atoms with Crippen molar-refractivity contribution in [3.05, 3.63) is 35.9 Å². The molecule has 0 aliphatic carbocycles. The molecule has 1 aromatic carbocycles. The first-order valence-corrected chi connectivity index (χ1v) is 7.92. The number of methoxy groups -OCH3 is 1. The SMILES string of the molecule is CCOC(=O)[C@@H]1CCCN(C(=O)/C=C/c2ccccc2OC)C1. The van der Waals surface area contributed by atoms with Crippen LogP contribution in [0.15, 0.2) is 30.3 Å². The number of nitrogens with zero attached hydrogens (tertiary/aromatic N) is 1. The Labute approximate surface area is 136 Å². The number of para-hydroxylation sites is 1. The maximum absolute atomic E-state index is 12.3. The minimum absolute atomic E-state index is 0.0927. The molecule has 0 radical (unpaired) electrons. The van der Waals surface area contributed by atoms with Gasteiger partial charge in [0.05, 0.1) is 19.6 Å². The summed E-state index contributed by atoms with van der Waals surface area (Å²) >= 11 is 0. The van der Waals surface area contributed by atoms with Crippen molar-refractivity contribution in [1.29, 1.82) is 0 Å². The van der Waals surface area contributed by atoms with E-state index < -0.39 is 0 Å². The van der Waals surface area contributed by atoms with Gasteiger partial charge in [-0.2, -0.15) is 0 Å². The summed E-state index contributed by atoms with van der Waals surface area (Å²) < 4.78 is 10.3. The van der Waals surface area contributed by atoms with Crippen LogP contribution in [0, 0.1) is 5.92 Å². The van der Waals surface area contributed by atoms with Gasteiger partial charge in [0, 0.05) is 24.7 Å². The molecule has 1 aromatic rings. The highest BCUT2D eigenvalue weighted by Crippen LogP contribution is 2.20. The lowest BCUT2D eigenvalue weighted by Crippen LogP contribution is -2.42. The summed E-state index contributed by atoms with van der Waals surface area (Å²) in [6.07, 6.45) is 4.87. The van der Waals surface area contributed by atoms with Crippen LogP contribution in [0.4, 0.5) is 0 Å². The smallest absolute Gasteiger partial charge is 0.310 e. The number of rotatable bonds is 5. The molecule has 1 fully saturated rings. The highest BCUT2D eigenvalue weighted by atomic mass is 16.5. The molecule has 1 aliphatic rings. The fourth-order valence-electron chi connectivity index (χ4n) is 2.70. The summed E-state index contributed by atoms with van der Waals surface area (Å²) in [5.41, 5.74) is 0.849. The van der Waals surface area contributed by atoms with Gasteiger partial charge in [-0.25, -0.2) is 0 Å². The van der Waals surface area contributed by atoms with Crippen LogP contribution in [0.3, 0.4) is 0 Å². The minimum Gasteiger partial charge on any atom is -0.496 e. The number of amides is 1. The summed E-state index contributed by atoms with van der Waals surface area (Å²) in [6.45, 7) is 3.26. The van der Waals surface area contributed by atoms with E-state index in [1.165, 1.54) is 6.08 Å². The first-order chi connectivity index (χ1) is 11.2. The molecule has 23 heavy (non-hydrogen) atoms. The zero-order chi connectivity index (χ0) is 16.7. The number of carbonyl (C=O) groups excluding carboxylic acids is 2. The average Bonchev–Trinajstić information content (AvgIpc) is 2.60. The zero-order valence-electron chi connectivity index (χ0n) is 13.7. The first-order valence-electron chi connectivity index (χ1n) is 7.92. The lowest BCUT2D eigenvalue weighted by molar-refractivity contribution is -0.150. The molecule has 1 atom stereocenters. The van der Waals surface area contributed by atoms with Gasteiger partial charge < -0.3 is 14.4 Å². The van der Waals surface area contributed by atoms with Crippen molar-refractivity contribution in [3.63, 3.8) is 0 Å². The van der Waals surface area contributed by atoms with Crippen molar-refractivity contribution in [2.45, 2.75) is 19.8 Å². The third-order valence-corrected chi connectivity index (χ3v) is 3.90. The van der Waals surface area contributed by atoms with E-state index in [1.807, 2.05) is 24.3 Å². The van der Waals surface area contributed by atoms with Crippen LogP contribution in [0.25, 0.3) is 6.08 Å². The Morgan fingerprint density at radius 1 is 1.35 bits per heavy atom. The predicted octanol–water partition coefficient (Wildman–Crippen LogP) is 2.51. The Balaban J connectivity index is 1.99. The molecule has 0 spiro atoms. The first kappa shape index (κ1) is 17.1. The zero-order valence-corrected chi connectivity index (χ0v) is 13.7. The van der Waals surface area contributed by atoms with Gasteiger partial charge in [-0.3, -0.25) is 9.59 Å². The van der Waals surface area contributed by atoms with E-state index >= 15 is 0 Å². The number of likely N-dealkylation sites (tertiary alicyclic amines) is 1. The molecule has 1 aliphatic heterocycles. The molecule has 0 N–H and O–H groups in total. The van der Waals surface area contributed by atoms with Crippen LogP contribution in [0.5, 0.6) is 5.75 Å². The summed E-state index contributed by atoms with van der Waals surface area (Å²) in [7, 11) is 1.60. The molecular weight excluding hydrogens is 294 g/mol. The van der Waals surface area contributed by atoms with Crippen LogP contribution >= 0.6 is 0 Å². The van der Waals surface area contributed by atoms with Crippen molar-refractivity contribution in [3.8, 4) is 5.75 Å². The summed E-state index contributed by atoms with van der Waals surface area (Å²) in [5.74, 6) is 0.204. The molecule has 124 valence electrons. The number of esters is 1. The molecule has 5 nitrogen and oxygen atoms in total. The third kappa shape index (κ3) is 4.58. The number of piperidine rings is 1. The summed E-state index contributed by atoms with van der Waals surface area (Å²) in [4.78, 5) is 25.9. The topological polar surface area (TPSA) is 55.8 Å². The Hall–Kier alpha value is -2.30. The molecule has 1 amide bonds. The van der Waals surface area contributed by atoms with E-state index in [-0.39, 0.29) is 17.8 Å². The maximum atomic E-state index is 12.3. The lowest BCUT2D eigenvalue weighted by atomic mass is 9.98. The number of ether oxygens (including phenoxy) is 2. The van der Waals surface area contributed by atoms with Crippen molar-refractivity contribution in [2.75, 3.05) is 26.8 Å². The van der Waals surface area contributed by atoms with Gasteiger partial charge in [0.1, 0.15) is 5.75 Å². The summed E-state index contributed by atoms with van der Waals surface area (Å²) in [6, 6.07) is 7.51. The minimum atomic E-state index is -0.215. The Morgan fingerprint density at radius 2 is 2.13 bits per heavy atom. The van der Waals surface area contributed by atoms with Crippen molar-refractivity contribution in [2.24, 2.45) is 5.92 Å². The van der Waals surface area contributed by atoms with Crippen LogP contribution in [-0.2, 0) is 14.3 Å². The second kappa shape index (κ2) is 8.36. The van der Waals surface area contributed by atoms with Gasteiger partial charge in [-0.05, 0) is 31.9 Å². The largest absolute Gasteiger partial charge is 0.496 e. The van der Waals surface area contributed by atoms with Crippen LogP contribution in [0.2, 0.25) is 0 Å². The Morgan fingerprint density at radius 3 is 2.87 bits per heavy atom. The van der Waals surface area contributed by atoms with Gasteiger partial charge in [0.25, 0.3) is 0 Å². The molecule has 0 unspecified atom stereocenters. The normalized spacial score (nSPS) is 18.0. The standard InChI is InChI=1S/C18H23NO4/c1-3-23-18(21)15-8-6-12-19(13-15)17(20)11-10-14-7-4-5-9-16(14)22-2/h4-5,7,9-11,15H,3,6,8,12-13H2,1-2H3/b11-10+/t15-/m1/s1. The van der Waals surface area contributed by atoms with Crippen molar-refractivity contribution < 1.29 is 19.1 Å². The predicted molar refractivity (Wildman–Crippen MR) is 88.0 cm³/mol. The van der Waals surface area contributed by atoms with Crippen LogP contribution in [0.1, 0.15) is 25.3 Å². The van der Waals surface area contributed by atoms with Gasteiger partial charge >= 0.3 is 5.97 Å². The molecular formula is C18H23NO4. The number of hydrogen-bond acceptors (Lipinski definition) is 4. The number of hydrogen-bond donors (Lipinski definition) is 0. The van der Waals surface area contributed by atoms with Crippen LogP contribution < -0.4 is 4.74 Å². The molecule has 5 heteroatoms. The van der Waals surface area contributed by atoms with E-state index in [9.17, 15) is 9.59 Å². The quantitative estimate of drug-likeness (QED) is 0.618. The van der Waals surface area contributed by atoms with Gasteiger partial charge in [0.15, 0.2) is 0 Å². The fraction of sp³-hybridized carbons (Fsp3) is 0.444. The Kier molecular flexibility index (Phi) is 6.20. The molecule has 1 heterocycles. The van der Waals surface area contributed by atoms with E-state index in [2.05, 4.69) is 0 Å². The van der Waals surface area contributed by atoms with E-state index in [0.29, 0.717) is 19.7 Å². The lowest BCUT2D eigenvalue weighted by Gasteiger charge is -2.30. The van der Waals surface area contributed by atoms with E-state index in [0.717, 1.165) is 24.2 Å². The van der Waals surface area contributed by atoms with Crippen molar-refractivity contribution in [1.82, 2.24) is 4.90 Å².